The third kappa shape index (κ3) is 5.24. The molecule has 0 aliphatic carbocycles. The van der Waals surface area contributed by atoms with Crippen LogP contribution >= 0.6 is 0 Å². The number of amides is 1. The number of morpholine rings is 1. The highest BCUT2D eigenvalue weighted by Crippen LogP contribution is 2.31. The SMILES string of the molecule is CC1CN(C(=O)CCc2nc3cc(C(F)(F)F)ccc3n(Cc3ccccc3)c2=O)CCO1. The number of ether oxygens (including phenoxy) is 1. The molecule has 0 bridgehead atoms. The van der Waals surface area contributed by atoms with E-state index in [0.29, 0.717) is 25.2 Å². The lowest BCUT2D eigenvalue weighted by atomic mass is 10.1. The molecular formula is C24H24F3N3O3. The van der Waals surface area contributed by atoms with Gasteiger partial charge in [-0.3, -0.25) is 9.59 Å². The van der Waals surface area contributed by atoms with Gasteiger partial charge in [0.25, 0.3) is 5.56 Å². The van der Waals surface area contributed by atoms with Crippen molar-refractivity contribution in [1.29, 1.82) is 0 Å². The fourth-order valence-corrected chi connectivity index (χ4v) is 3.99. The number of halogens is 3. The van der Waals surface area contributed by atoms with Crippen LogP contribution in [0.15, 0.2) is 53.3 Å². The normalized spacial score (nSPS) is 16.8. The first-order valence-electron chi connectivity index (χ1n) is 10.8. The van der Waals surface area contributed by atoms with Crippen LogP contribution in [0, 0.1) is 0 Å². The Morgan fingerprint density at radius 3 is 2.64 bits per heavy atom. The predicted octanol–water partition coefficient (Wildman–Crippen LogP) is 3.64. The van der Waals surface area contributed by atoms with E-state index in [4.69, 9.17) is 4.74 Å². The molecule has 1 aliphatic heterocycles. The standard InChI is InChI=1S/C24H24F3N3O3/c1-16-14-29(11-12-33-16)22(31)10-8-19-23(32)30(15-17-5-3-2-4-6-17)21-9-7-18(24(25,26)27)13-20(21)28-19/h2-7,9,13,16H,8,10-12,14-15H2,1H3. The highest BCUT2D eigenvalue weighted by molar-refractivity contribution is 5.77. The molecule has 1 saturated heterocycles. The molecule has 1 unspecified atom stereocenters. The first kappa shape index (κ1) is 23.0. The van der Waals surface area contributed by atoms with Gasteiger partial charge in [-0.15, -0.1) is 0 Å². The molecule has 1 fully saturated rings. The summed E-state index contributed by atoms with van der Waals surface area (Å²) in [5.41, 5.74) is 0.0477. The molecule has 0 N–H and O–H groups in total. The molecule has 6 nitrogen and oxygen atoms in total. The lowest BCUT2D eigenvalue weighted by Gasteiger charge is -2.31. The second-order valence-electron chi connectivity index (χ2n) is 8.16. The van der Waals surface area contributed by atoms with Crippen LogP contribution in [0.1, 0.15) is 30.2 Å². The fraction of sp³-hybridized carbons (Fsp3) is 0.375. The first-order chi connectivity index (χ1) is 15.7. The number of carbonyl (C=O) groups is 1. The first-order valence-corrected chi connectivity index (χ1v) is 10.8. The van der Waals surface area contributed by atoms with Gasteiger partial charge in [0.05, 0.1) is 35.9 Å². The van der Waals surface area contributed by atoms with Crippen molar-refractivity contribution in [3.63, 3.8) is 0 Å². The van der Waals surface area contributed by atoms with E-state index in [1.54, 1.807) is 4.90 Å². The van der Waals surface area contributed by atoms with Crippen molar-refractivity contribution < 1.29 is 22.7 Å². The summed E-state index contributed by atoms with van der Waals surface area (Å²) in [4.78, 5) is 31.8. The lowest BCUT2D eigenvalue weighted by Crippen LogP contribution is -2.44. The molecular weight excluding hydrogens is 435 g/mol. The van der Waals surface area contributed by atoms with E-state index in [9.17, 15) is 22.8 Å². The molecule has 9 heteroatoms. The maximum absolute atomic E-state index is 13.3. The molecule has 1 aromatic heterocycles. The number of hydrogen-bond acceptors (Lipinski definition) is 4. The van der Waals surface area contributed by atoms with Crippen molar-refractivity contribution in [1.82, 2.24) is 14.5 Å². The summed E-state index contributed by atoms with van der Waals surface area (Å²) in [6.45, 7) is 3.46. The molecule has 0 saturated carbocycles. The average molecular weight is 459 g/mol. The summed E-state index contributed by atoms with van der Waals surface area (Å²) in [5.74, 6) is -0.134. The Hall–Kier alpha value is -3.20. The fourth-order valence-electron chi connectivity index (χ4n) is 3.99. The molecule has 1 amide bonds. The largest absolute Gasteiger partial charge is 0.416 e. The van der Waals surface area contributed by atoms with Gasteiger partial charge in [0.15, 0.2) is 0 Å². The number of nitrogens with zero attached hydrogens (tertiary/aromatic N) is 3. The Labute approximate surface area is 188 Å². The number of aryl methyl sites for hydroxylation is 1. The molecule has 174 valence electrons. The van der Waals surface area contributed by atoms with E-state index < -0.39 is 17.3 Å². The van der Waals surface area contributed by atoms with Crippen molar-refractivity contribution >= 4 is 16.9 Å². The highest BCUT2D eigenvalue weighted by atomic mass is 19.4. The minimum atomic E-state index is -4.53. The number of hydrogen-bond donors (Lipinski definition) is 0. The summed E-state index contributed by atoms with van der Waals surface area (Å²) in [7, 11) is 0. The molecule has 3 aromatic rings. The van der Waals surface area contributed by atoms with Gasteiger partial charge in [-0.05, 0) is 30.7 Å². The number of aromatic nitrogens is 2. The summed E-state index contributed by atoms with van der Waals surface area (Å²) in [5, 5.41) is 0. The summed E-state index contributed by atoms with van der Waals surface area (Å²) in [6.07, 6.45) is -4.50. The van der Waals surface area contributed by atoms with E-state index >= 15 is 0 Å². The number of benzene rings is 2. The summed E-state index contributed by atoms with van der Waals surface area (Å²) in [6, 6.07) is 12.4. The van der Waals surface area contributed by atoms with Gasteiger partial charge < -0.3 is 14.2 Å². The lowest BCUT2D eigenvalue weighted by molar-refractivity contribution is -0.138. The molecule has 0 radical (unpaired) electrons. The van der Waals surface area contributed by atoms with Crippen molar-refractivity contribution in [3.8, 4) is 0 Å². The zero-order valence-electron chi connectivity index (χ0n) is 18.1. The van der Waals surface area contributed by atoms with Crippen LogP contribution in [-0.4, -0.2) is 46.2 Å². The molecule has 1 aliphatic rings. The highest BCUT2D eigenvalue weighted by Gasteiger charge is 2.31. The molecule has 33 heavy (non-hydrogen) atoms. The molecule has 0 spiro atoms. The van der Waals surface area contributed by atoms with Gasteiger partial charge >= 0.3 is 6.18 Å². The van der Waals surface area contributed by atoms with Crippen LogP contribution in [-0.2, 0) is 28.7 Å². The Balaban J connectivity index is 1.69. The Morgan fingerprint density at radius 2 is 1.94 bits per heavy atom. The number of carbonyl (C=O) groups excluding carboxylic acids is 1. The zero-order chi connectivity index (χ0) is 23.6. The van der Waals surface area contributed by atoms with Crippen LogP contribution in [0.4, 0.5) is 13.2 Å². The molecule has 1 atom stereocenters. The topological polar surface area (TPSA) is 64.4 Å². The van der Waals surface area contributed by atoms with Crippen LogP contribution in [0.2, 0.25) is 0 Å². The maximum atomic E-state index is 13.3. The van der Waals surface area contributed by atoms with Crippen LogP contribution < -0.4 is 5.56 Å². The average Bonchev–Trinajstić information content (AvgIpc) is 2.79. The quantitative estimate of drug-likeness (QED) is 0.585. The van der Waals surface area contributed by atoms with E-state index in [2.05, 4.69) is 4.98 Å². The predicted molar refractivity (Wildman–Crippen MR) is 117 cm³/mol. The van der Waals surface area contributed by atoms with Crippen LogP contribution in [0.5, 0.6) is 0 Å². The minimum Gasteiger partial charge on any atom is -0.375 e. The minimum absolute atomic E-state index is 0.0460. The zero-order valence-corrected chi connectivity index (χ0v) is 18.1. The third-order valence-electron chi connectivity index (χ3n) is 5.69. The van der Waals surface area contributed by atoms with Crippen molar-refractivity contribution in [2.75, 3.05) is 19.7 Å². The molecule has 4 rings (SSSR count). The van der Waals surface area contributed by atoms with E-state index in [1.807, 2.05) is 37.3 Å². The number of alkyl halides is 3. The van der Waals surface area contributed by atoms with Gasteiger partial charge in [-0.25, -0.2) is 4.98 Å². The smallest absolute Gasteiger partial charge is 0.375 e. The van der Waals surface area contributed by atoms with Gasteiger partial charge in [0.1, 0.15) is 5.69 Å². The van der Waals surface area contributed by atoms with Crippen molar-refractivity contribution in [2.45, 2.75) is 38.6 Å². The molecule has 2 heterocycles. The number of fused-ring (bicyclic) bond motifs is 1. The number of rotatable bonds is 5. The van der Waals surface area contributed by atoms with Crippen molar-refractivity contribution in [3.05, 3.63) is 75.7 Å². The van der Waals surface area contributed by atoms with Crippen LogP contribution in [0.3, 0.4) is 0 Å². The summed E-state index contributed by atoms with van der Waals surface area (Å²) >= 11 is 0. The van der Waals surface area contributed by atoms with Gasteiger partial charge in [0.2, 0.25) is 5.91 Å². The summed E-state index contributed by atoms with van der Waals surface area (Å²) < 4.78 is 46.7. The van der Waals surface area contributed by atoms with E-state index in [1.165, 1.54) is 10.6 Å². The van der Waals surface area contributed by atoms with E-state index in [0.717, 1.165) is 17.7 Å². The third-order valence-corrected chi connectivity index (χ3v) is 5.69. The Morgan fingerprint density at radius 1 is 1.18 bits per heavy atom. The second-order valence-corrected chi connectivity index (χ2v) is 8.16. The Kier molecular flexibility index (Phi) is 6.51. The monoisotopic (exact) mass is 459 g/mol. The maximum Gasteiger partial charge on any atom is 0.416 e. The van der Waals surface area contributed by atoms with E-state index in [-0.39, 0.29) is 42.6 Å². The van der Waals surface area contributed by atoms with Crippen LogP contribution in [0.25, 0.3) is 11.0 Å². The Bertz CT molecular complexity index is 1210. The van der Waals surface area contributed by atoms with Gasteiger partial charge in [-0.2, -0.15) is 13.2 Å². The second kappa shape index (κ2) is 9.35. The van der Waals surface area contributed by atoms with Crippen molar-refractivity contribution in [2.24, 2.45) is 0 Å². The molecule has 2 aromatic carbocycles. The van der Waals surface area contributed by atoms with Gasteiger partial charge in [-0.1, -0.05) is 30.3 Å². The van der Waals surface area contributed by atoms with Gasteiger partial charge in [0, 0.05) is 25.9 Å².